The molecule has 138 valence electrons. The molecule has 0 unspecified atom stereocenters. The van der Waals surface area contributed by atoms with E-state index in [0.717, 1.165) is 12.0 Å². The Bertz CT molecular complexity index is 894. The minimum Gasteiger partial charge on any atom is -0.454 e. The molecule has 0 saturated heterocycles. The second kappa shape index (κ2) is 7.76. The quantitative estimate of drug-likeness (QED) is 0.717. The number of rotatable bonds is 7. The van der Waals surface area contributed by atoms with Crippen LogP contribution in [0.3, 0.4) is 0 Å². The van der Waals surface area contributed by atoms with Crippen LogP contribution in [0.4, 0.5) is 0 Å². The minimum atomic E-state index is -3.59. The molecule has 0 spiro atoms. The van der Waals surface area contributed by atoms with Crippen molar-refractivity contribution in [1.82, 2.24) is 10.0 Å². The molecule has 0 atom stereocenters. The van der Waals surface area contributed by atoms with Crippen molar-refractivity contribution in [2.75, 3.05) is 19.9 Å². The highest BCUT2D eigenvalue weighted by Gasteiger charge is 2.16. The molecular formula is C18H20N2O5S. The van der Waals surface area contributed by atoms with E-state index in [2.05, 4.69) is 10.0 Å². The molecule has 2 N–H and O–H groups in total. The topological polar surface area (TPSA) is 93.7 Å². The van der Waals surface area contributed by atoms with Crippen LogP contribution in [0.15, 0.2) is 47.4 Å². The molecule has 0 fully saturated rings. The fourth-order valence-electron chi connectivity index (χ4n) is 2.49. The lowest BCUT2D eigenvalue weighted by Crippen LogP contribution is -2.34. The average molecular weight is 376 g/mol. The standard InChI is InChI=1S/C18H20N2O5S/c1-2-13-3-6-15(7-4-13)26(22,23)20-10-9-19-18(21)14-5-8-16-17(11-14)25-12-24-16/h3-8,11,20H,2,9-10,12H2,1H3,(H,19,21). The monoisotopic (exact) mass is 376 g/mol. The summed E-state index contributed by atoms with van der Waals surface area (Å²) in [5.41, 5.74) is 1.49. The summed E-state index contributed by atoms with van der Waals surface area (Å²) in [5.74, 6) is 0.812. The molecule has 0 aliphatic carbocycles. The van der Waals surface area contributed by atoms with Gasteiger partial charge in [-0.15, -0.1) is 0 Å². The minimum absolute atomic E-state index is 0.0914. The lowest BCUT2D eigenvalue weighted by atomic mass is 10.2. The van der Waals surface area contributed by atoms with Gasteiger partial charge in [0.25, 0.3) is 5.91 Å². The third-order valence-electron chi connectivity index (χ3n) is 3.98. The molecule has 1 heterocycles. The molecule has 0 radical (unpaired) electrons. The Morgan fingerprint density at radius 2 is 1.77 bits per heavy atom. The highest BCUT2D eigenvalue weighted by atomic mass is 32.2. The molecule has 2 aromatic rings. The molecule has 7 nitrogen and oxygen atoms in total. The first kappa shape index (κ1) is 18.2. The highest BCUT2D eigenvalue weighted by molar-refractivity contribution is 7.89. The van der Waals surface area contributed by atoms with Gasteiger partial charge in [0.15, 0.2) is 11.5 Å². The van der Waals surface area contributed by atoms with Crippen molar-refractivity contribution in [2.45, 2.75) is 18.2 Å². The Morgan fingerprint density at radius 1 is 1.04 bits per heavy atom. The first-order chi connectivity index (χ1) is 12.5. The second-order valence-electron chi connectivity index (χ2n) is 5.72. The molecule has 1 amide bonds. The Morgan fingerprint density at radius 3 is 2.50 bits per heavy atom. The summed E-state index contributed by atoms with van der Waals surface area (Å²) in [6.45, 7) is 2.40. The summed E-state index contributed by atoms with van der Waals surface area (Å²) in [6.07, 6.45) is 0.847. The van der Waals surface area contributed by atoms with E-state index in [1.807, 2.05) is 6.92 Å². The van der Waals surface area contributed by atoms with Crippen molar-refractivity contribution in [3.8, 4) is 11.5 Å². The summed E-state index contributed by atoms with van der Waals surface area (Å²) in [5, 5.41) is 2.67. The number of amides is 1. The van der Waals surface area contributed by atoms with E-state index >= 15 is 0 Å². The number of ether oxygens (including phenoxy) is 2. The number of sulfonamides is 1. The summed E-state index contributed by atoms with van der Waals surface area (Å²) in [6, 6.07) is 11.6. The zero-order chi connectivity index (χ0) is 18.6. The van der Waals surface area contributed by atoms with Gasteiger partial charge in [-0.2, -0.15) is 0 Å². The third-order valence-corrected chi connectivity index (χ3v) is 5.46. The van der Waals surface area contributed by atoms with Crippen LogP contribution in [-0.4, -0.2) is 34.2 Å². The van der Waals surface area contributed by atoms with Gasteiger partial charge in [0.2, 0.25) is 16.8 Å². The molecule has 3 rings (SSSR count). The zero-order valence-electron chi connectivity index (χ0n) is 14.3. The fourth-order valence-corrected chi connectivity index (χ4v) is 3.52. The van der Waals surface area contributed by atoms with Crippen LogP contribution < -0.4 is 19.5 Å². The molecular weight excluding hydrogens is 356 g/mol. The third kappa shape index (κ3) is 4.14. The number of carbonyl (C=O) groups is 1. The Kier molecular flexibility index (Phi) is 5.43. The lowest BCUT2D eigenvalue weighted by Gasteiger charge is -2.09. The van der Waals surface area contributed by atoms with Gasteiger partial charge in [-0.25, -0.2) is 13.1 Å². The number of carbonyl (C=O) groups excluding carboxylic acids is 1. The summed E-state index contributed by atoms with van der Waals surface area (Å²) in [7, 11) is -3.59. The summed E-state index contributed by atoms with van der Waals surface area (Å²) < 4.78 is 37.3. The van der Waals surface area contributed by atoms with Gasteiger partial charge in [0.05, 0.1) is 4.90 Å². The highest BCUT2D eigenvalue weighted by Crippen LogP contribution is 2.32. The van der Waals surface area contributed by atoms with Gasteiger partial charge in [-0.05, 0) is 42.3 Å². The van der Waals surface area contributed by atoms with Crippen molar-refractivity contribution in [2.24, 2.45) is 0 Å². The molecule has 1 aliphatic heterocycles. The molecule has 0 bridgehead atoms. The summed E-state index contributed by atoms with van der Waals surface area (Å²) >= 11 is 0. The van der Waals surface area contributed by atoms with Gasteiger partial charge in [-0.3, -0.25) is 4.79 Å². The molecule has 2 aromatic carbocycles. The predicted octanol–water partition coefficient (Wildman–Crippen LogP) is 1.69. The molecule has 0 aromatic heterocycles. The van der Waals surface area contributed by atoms with Gasteiger partial charge in [0, 0.05) is 18.7 Å². The maximum absolute atomic E-state index is 12.2. The van der Waals surface area contributed by atoms with Crippen molar-refractivity contribution in [1.29, 1.82) is 0 Å². The van der Waals surface area contributed by atoms with E-state index in [1.165, 1.54) is 0 Å². The van der Waals surface area contributed by atoms with Crippen molar-refractivity contribution < 1.29 is 22.7 Å². The number of nitrogens with one attached hydrogen (secondary N) is 2. The van der Waals surface area contributed by atoms with E-state index in [0.29, 0.717) is 17.1 Å². The number of aryl methyl sites for hydroxylation is 1. The van der Waals surface area contributed by atoms with Crippen molar-refractivity contribution in [3.05, 3.63) is 53.6 Å². The largest absolute Gasteiger partial charge is 0.454 e. The maximum Gasteiger partial charge on any atom is 0.251 e. The predicted molar refractivity (Wildman–Crippen MR) is 95.9 cm³/mol. The molecule has 26 heavy (non-hydrogen) atoms. The van der Waals surface area contributed by atoms with Crippen molar-refractivity contribution in [3.63, 3.8) is 0 Å². The Balaban J connectivity index is 1.50. The van der Waals surface area contributed by atoms with E-state index < -0.39 is 10.0 Å². The normalized spacial score (nSPS) is 12.8. The molecule has 0 saturated carbocycles. The van der Waals surface area contributed by atoms with Crippen molar-refractivity contribution >= 4 is 15.9 Å². The van der Waals surface area contributed by atoms with Gasteiger partial charge in [-0.1, -0.05) is 19.1 Å². The number of hydrogen-bond acceptors (Lipinski definition) is 5. The maximum atomic E-state index is 12.2. The summed E-state index contributed by atoms with van der Waals surface area (Å²) in [4.78, 5) is 12.3. The average Bonchev–Trinajstić information content (AvgIpc) is 3.13. The molecule has 8 heteroatoms. The van der Waals surface area contributed by atoms with Gasteiger partial charge < -0.3 is 14.8 Å². The van der Waals surface area contributed by atoms with Crippen LogP contribution in [0.5, 0.6) is 11.5 Å². The SMILES string of the molecule is CCc1ccc(S(=O)(=O)NCCNC(=O)c2ccc3c(c2)OCO3)cc1. The zero-order valence-corrected chi connectivity index (χ0v) is 15.1. The van der Waals surface area contributed by atoms with E-state index in [-0.39, 0.29) is 30.7 Å². The Hall–Kier alpha value is -2.58. The van der Waals surface area contributed by atoms with Crippen LogP contribution in [0.25, 0.3) is 0 Å². The second-order valence-corrected chi connectivity index (χ2v) is 7.49. The first-order valence-corrected chi connectivity index (χ1v) is 9.74. The van der Waals surface area contributed by atoms with Gasteiger partial charge in [0.1, 0.15) is 0 Å². The number of hydrogen-bond donors (Lipinski definition) is 2. The van der Waals surface area contributed by atoms with Crippen LogP contribution in [0.2, 0.25) is 0 Å². The van der Waals surface area contributed by atoms with Crippen LogP contribution in [-0.2, 0) is 16.4 Å². The molecule has 1 aliphatic rings. The van der Waals surface area contributed by atoms with Crippen LogP contribution in [0, 0.1) is 0 Å². The fraction of sp³-hybridized carbons (Fsp3) is 0.278. The Labute approximate surface area is 152 Å². The van der Waals surface area contributed by atoms with E-state index in [1.54, 1.807) is 42.5 Å². The first-order valence-electron chi connectivity index (χ1n) is 8.26. The van der Waals surface area contributed by atoms with E-state index in [4.69, 9.17) is 9.47 Å². The smallest absolute Gasteiger partial charge is 0.251 e. The van der Waals surface area contributed by atoms with E-state index in [9.17, 15) is 13.2 Å². The van der Waals surface area contributed by atoms with Crippen LogP contribution >= 0.6 is 0 Å². The number of benzene rings is 2. The lowest BCUT2D eigenvalue weighted by molar-refractivity contribution is 0.0954. The van der Waals surface area contributed by atoms with Gasteiger partial charge >= 0.3 is 0 Å². The number of fused-ring (bicyclic) bond motifs is 1. The van der Waals surface area contributed by atoms with Crippen LogP contribution in [0.1, 0.15) is 22.8 Å².